The first kappa shape index (κ1) is 17.4. The molecule has 2 atom stereocenters. The maximum absolute atomic E-state index is 12.3. The maximum atomic E-state index is 12.3. The molecule has 2 unspecified atom stereocenters. The second kappa shape index (κ2) is 8.13. The van der Waals surface area contributed by atoms with Gasteiger partial charge in [-0.25, -0.2) is 4.79 Å². The molecule has 2 heterocycles. The van der Waals surface area contributed by atoms with Gasteiger partial charge in [0, 0.05) is 25.4 Å². The molecule has 1 aromatic carbocycles. The third-order valence-corrected chi connectivity index (χ3v) is 4.19. The van der Waals surface area contributed by atoms with Crippen molar-refractivity contribution in [3.05, 3.63) is 48.2 Å². The first-order valence-electron chi connectivity index (χ1n) is 8.54. The average molecular weight is 343 g/mol. The van der Waals surface area contributed by atoms with Gasteiger partial charge in [0.05, 0.1) is 12.6 Å². The van der Waals surface area contributed by atoms with Gasteiger partial charge in [0.1, 0.15) is 6.10 Å². The van der Waals surface area contributed by atoms with Crippen LogP contribution in [0, 0.1) is 0 Å². The Balaban J connectivity index is 1.53. The number of ether oxygens (including phenoxy) is 1. The van der Waals surface area contributed by atoms with Crippen LogP contribution in [0.5, 0.6) is 0 Å². The molecule has 0 radical (unpaired) electrons. The van der Waals surface area contributed by atoms with Crippen molar-refractivity contribution in [2.24, 2.45) is 0 Å². The van der Waals surface area contributed by atoms with Gasteiger partial charge in [0.15, 0.2) is 5.82 Å². The highest BCUT2D eigenvalue weighted by atomic mass is 16.5. The number of urea groups is 1. The Labute approximate surface area is 148 Å². The molecule has 134 valence electrons. The van der Waals surface area contributed by atoms with Gasteiger partial charge in [-0.1, -0.05) is 30.3 Å². The third-order valence-electron chi connectivity index (χ3n) is 4.19. The molecule has 1 aliphatic heterocycles. The Morgan fingerprint density at radius 1 is 1.32 bits per heavy atom. The van der Waals surface area contributed by atoms with Crippen LogP contribution in [0.25, 0.3) is 0 Å². The molecule has 7 nitrogen and oxygen atoms in total. The predicted octanol–water partition coefficient (Wildman–Crippen LogP) is 2.10. The van der Waals surface area contributed by atoms with E-state index in [9.17, 15) is 4.79 Å². The highest BCUT2D eigenvalue weighted by Crippen LogP contribution is 2.28. The Kier molecular flexibility index (Phi) is 5.67. The summed E-state index contributed by atoms with van der Waals surface area (Å²) in [5.74, 6) is 0.548. The second-order valence-corrected chi connectivity index (χ2v) is 6.46. The lowest BCUT2D eigenvalue weighted by Crippen LogP contribution is -2.39. The molecule has 25 heavy (non-hydrogen) atoms. The van der Waals surface area contributed by atoms with E-state index in [2.05, 4.69) is 20.6 Å². The maximum Gasteiger partial charge on any atom is 0.320 e. The number of hydrogen-bond donors (Lipinski definition) is 2. The molecule has 0 spiro atoms. The van der Waals surface area contributed by atoms with Crippen molar-refractivity contribution in [2.75, 3.05) is 32.6 Å². The number of nitrogens with one attached hydrogen (secondary N) is 2. The summed E-state index contributed by atoms with van der Waals surface area (Å²) in [7, 11) is 4.03. The van der Waals surface area contributed by atoms with Crippen molar-refractivity contribution in [3.8, 4) is 0 Å². The number of carbonyl (C=O) groups is 1. The van der Waals surface area contributed by atoms with Crippen LogP contribution in [0.1, 0.15) is 18.1 Å². The SMILES string of the molecule is CN(C)CCn1ccc(NC(=O)NC2CCOC2c2ccccc2)n1. The van der Waals surface area contributed by atoms with Crippen LogP contribution in [0.4, 0.5) is 10.6 Å². The molecule has 3 rings (SSSR count). The lowest BCUT2D eigenvalue weighted by atomic mass is 10.0. The Bertz CT molecular complexity index is 686. The lowest BCUT2D eigenvalue weighted by Gasteiger charge is -2.20. The first-order chi connectivity index (χ1) is 12.1. The van der Waals surface area contributed by atoms with Gasteiger partial charge in [-0.15, -0.1) is 0 Å². The zero-order chi connectivity index (χ0) is 17.6. The Morgan fingerprint density at radius 2 is 2.12 bits per heavy atom. The number of rotatable bonds is 6. The highest BCUT2D eigenvalue weighted by Gasteiger charge is 2.30. The standard InChI is InChI=1S/C18H25N5O2/c1-22(2)11-12-23-10-8-16(21-23)20-18(24)19-15-9-13-25-17(15)14-6-4-3-5-7-14/h3-8,10,15,17H,9,11-13H2,1-2H3,(H2,19,20,21,24). The van der Waals surface area contributed by atoms with E-state index in [1.54, 1.807) is 6.07 Å². The first-order valence-corrected chi connectivity index (χ1v) is 8.54. The Morgan fingerprint density at radius 3 is 2.88 bits per heavy atom. The van der Waals surface area contributed by atoms with Crippen LogP contribution >= 0.6 is 0 Å². The van der Waals surface area contributed by atoms with Crippen molar-refractivity contribution in [3.63, 3.8) is 0 Å². The molecule has 0 saturated carbocycles. The van der Waals surface area contributed by atoms with Crippen molar-refractivity contribution in [1.29, 1.82) is 0 Å². The second-order valence-electron chi connectivity index (χ2n) is 6.46. The molecule has 0 aliphatic carbocycles. The lowest BCUT2D eigenvalue weighted by molar-refractivity contribution is 0.100. The van der Waals surface area contributed by atoms with Crippen LogP contribution in [0.3, 0.4) is 0 Å². The summed E-state index contributed by atoms with van der Waals surface area (Å²) in [6.07, 6.45) is 2.55. The number of amides is 2. The smallest absolute Gasteiger partial charge is 0.320 e. The van der Waals surface area contributed by atoms with Gasteiger partial charge in [-0.3, -0.25) is 10.00 Å². The number of nitrogens with zero attached hydrogens (tertiary/aromatic N) is 3. The number of benzene rings is 1. The van der Waals surface area contributed by atoms with Crippen LogP contribution < -0.4 is 10.6 Å². The molecule has 7 heteroatoms. The summed E-state index contributed by atoms with van der Waals surface area (Å²) in [6.45, 7) is 2.32. The summed E-state index contributed by atoms with van der Waals surface area (Å²) in [4.78, 5) is 14.4. The van der Waals surface area contributed by atoms with Gasteiger partial charge >= 0.3 is 6.03 Å². The predicted molar refractivity (Wildman–Crippen MR) is 96.5 cm³/mol. The summed E-state index contributed by atoms with van der Waals surface area (Å²) in [6, 6.07) is 11.5. The minimum absolute atomic E-state index is 0.0433. The van der Waals surface area contributed by atoms with E-state index in [1.807, 2.05) is 55.3 Å². The molecular weight excluding hydrogens is 318 g/mol. The summed E-state index contributed by atoms with van der Waals surface area (Å²) in [5.41, 5.74) is 1.08. The third kappa shape index (κ3) is 4.80. The molecule has 1 saturated heterocycles. The summed E-state index contributed by atoms with van der Waals surface area (Å²) in [5, 5.41) is 10.2. The number of anilines is 1. The van der Waals surface area contributed by atoms with Crippen molar-refractivity contribution < 1.29 is 9.53 Å². The average Bonchev–Trinajstić information content (AvgIpc) is 3.23. The minimum Gasteiger partial charge on any atom is -0.371 e. The minimum atomic E-state index is -0.255. The van der Waals surface area contributed by atoms with Gasteiger partial charge in [-0.05, 0) is 26.1 Å². The van der Waals surface area contributed by atoms with E-state index in [-0.39, 0.29) is 18.2 Å². The van der Waals surface area contributed by atoms with E-state index in [1.165, 1.54) is 0 Å². The van der Waals surface area contributed by atoms with Crippen molar-refractivity contribution >= 4 is 11.8 Å². The molecule has 0 bridgehead atoms. The van der Waals surface area contributed by atoms with E-state index in [0.29, 0.717) is 12.4 Å². The molecule has 2 N–H and O–H groups in total. The normalized spacial score (nSPS) is 20.0. The quantitative estimate of drug-likeness (QED) is 0.843. The number of aromatic nitrogens is 2. The Hall–Kier alpha value is -2.38. The van der Waals surface area contributed by atoms with Gasteiger partial charge in [-0.2, -0.15) is 5.10 Å². The summed E-state index contributed by atoms with van der Waals surface area (Å²) < 4.78 is 7.61. The number of hydrogen-bond acceptors (Lipinski definition) is 4. The zero-order valence-corrected chi connectivity index (χ0v) is 14.7. The van der Waals surface area contributed by atoms with Crippen molar-refractivity contribution in [2.45, 2.75) is 25.1 Å². The van der Waals surface area contributed by atoms with Crippen LogP contribution in [-0.2, 0) is 11.3 Å². The van der Waals surface area contributed by atoms with Gasteiger partial charge in [0.25, 0.3) is 0 Å². The van der Waals surface area contributed by atoms with Gasteiger partial charge in [0.2, 0.25) is 0 Å². The van der Waals surface area contributed by atoms with E-state index < -0.39 is 0 Å². The largest absolute Gasteiger partial charge is 0.371 e. The molecule has 1 fully saturated rings. The fourth-order valence-corrected chi connectivity index (χ4v) is 2.88. The van der Waals surface area contributed by atoms with E-state index in [4.69, 9.17) is 4.74 Å². The van der Waals surface area contributed by atoms with Crippen LogP contribution in [0.15, 0.2) is 42.6 Å². The molecule has 2 aromatic rings. The van der Waals surface area contributed by atoms with Crippen LogP contribution in [0.2, 0.25) is 0 Å². The van der Waals surface area contributed by atoms with E-state index in [0.717, 1.165) is 25.1 Å². The van der Waals surface area contributed by atoms with Crippen LogP contribution in [-0.4, -0.2) is 54.0 Å². The highest BCUT2D eigenvalue weighted by molar-refractivity contribution is 5.88. The van der Waals surface area contributed by atoms with E-state index >= 15 is 0 Å². The molecule has 1 aliphatic rings. The monoisotopic (exact) mass is 343 g/mol. The van der Waals surface area contributed by atoms with Crippen molar-refractivity contribution in [1.82, 2.24) is 20.0 Å². The zero-order valence-electron chi connectivity index (χ0n) is 14.7. The fraction of sp³-hybridized carbons (Fsp3) is 0.444. The summed E-state index contributed by atoms with van der Waals surface area (Å²) >= 11 is 0. The molecule has 1 aromatic heterocycles. The fourth-order valence-electron chi connectivity index (χ4n) is 2.88. The molecular formula is C18H25N5O2. The topological polar surface area (TPSA) is 71.4 Å². The number of likely N-dealkylation sites (N-methyl/N-ethyl adjacent to an activating group) is 1. The van der Waals surface area contributed by atoms with Gasteiger partial charge < -0.3 is 15.0 Å². The molecule has 2 amide bonds. The number of carbonyl (C=O) groups excluding carboxylic acids is 1.